The van der Waals surface area contributed by atoms with Crippen molar-refractivity contribution < 1.29 is 19.7 Å². The maximum atomic E-state index is 10.0. The number of rotatable bonds is 6. The SMILES string of the molecule is C=CC[C@@H](O)[C@@H]1CO[C@@H]2[C@@H]([C@H](O)CC=C)CO[C@H]12. The summed E-state index contributed by atoms with van der Waals surface area (Å²) in [4.78, 5) is 0. The average molecular weight is 254 g/mol. The average Bonchev–Trinajstić information content (AvgIpc) is 2.89. The number of aliphatic hydroxyl groups excluding tert-OH is 2. The quantitative estimate of drug-likeness (QED) is 0.691. The van der Waals surface area contributed by atoms with E-state index >= 15 is 0 Å². The van der Waals surface area contributed by atoms with Crippen molar-refractivity contribution in [2.24, 2.45) is 11.8 Å². The summed E-state index contributed by atoms with van der Waals surface area (Å²) >= 11 is 0. The molecule has 0 aromatic rings. The highest BCUT2D eigenvalue weighted by atomic mass is 16.6. The summed E-state index contributed by atoms with van der Waals surface area (Å²) in [5, 5.41) is 20.0. The first-order chi connectivity index (χ1) is 8.69. The minimum absolute atomic E-state index is 0.0195. The first-order valence-electron chi connectivity index (χ1n) is 6.50. The molecule has 0 saturated carbocycles. The lowest BCUT2D eigenvalue weighted by Crippen LogP contribution is -2.35. The van der Waals surface area contributed by atoms with Crippen LogP contribution in [-0.2, 0) is 9.47 Å². The smallest absolute Gasteiger partial charge is 0.0916 e. The van der Waals surface area contributed by atoms with Crippen LogP contribution in [0.1, 0.15) is 12.8 Å². The fourth-order valence-corrected chi connectivity index (χ4v) is 2.91. The first kappa shape index (κ1) is 13.7. The molecule has 2 rings (SSSR count). The molecule has 4 nitrogen and oxygen atoms in total. The van der Waals surface area contributed by atoms with Crippen LogP contribution in [0.15, 0.2) is 25.3 Å². The Balaban J connectivity index is 1.98. The number of hydrogen-bond acceptors (Lipinski definition) is 4. The zero-order chi connectivity index (χ0) is 13.1. The van der Waals surface area contributed by atoms with Crippen LogP contribution >= 0.6 is 0 Å². The Kier molecular flexibility index (Phi) is 4.56. The predicted octanol–water partition coefficient (Wildman–Crippen LogP) is 0.890. The van der Waals surface area contributed by atoms with Crippen LogP contribution in [0.4, 0.5) is 0 Å². The second-order valence-corrected chi connectivity index (χ2v) is 5.11. The molecule has 0 spiro atoms. The van der Waals surface area contributed by atoms with Crippen LogP contribution in [0.3, 0.4) is 0 Å². The van der Waals surface area contributed by atoms with Crippen molar-refractivity contribution in [1.82, 2.24) is 0 Å². The summed E-state index contributed by atoms with van der Waals surface area (Å²) in [5.74, 6) is -0.0390. The van der Waals surface area contributed by atoms with Crippen LogP contribution in [-0.4, -0.2) is 47.8 Å². The molecule has 0 unspecified atom stereocenters. The second-order valence-electron chi connectivity index (χ2n) is 5.11. The fraction of sp³-hybridized carbons (Fsp3) is 0.714. The minimum Gasteiger partial charge on any atom is -0.392 e. The fourth-order valence-electron chi connectivity index (χ4n) is 2.91. The zero-order valence-corrected chi connectivity index (χ0v) is 10.6. The maximum Gasteiger partial charge on any atom is 0.0916 e. The molecule has 2 heterocycles. The third-order valence-corrected chi connectivity index (χ3v) is 3.93. The molecule has 0 aromatic carbocycles. The monoisotopic (exact) mass is 254 g/mol. The van der Waals surface area contributed by atoms with Crippen LogP contribution in [0, 0.1) is 11.8 Å². The van der Waals surface area contributed by atoms with E-state index in [1.54, 1.807) is 12.2 Å². The summed E-state index contributed by atoms with van der Waals surface area (Å²) in [6.45, 7) is 8.24. The van der Waals surface area contributed by atoms with Gasteiger partial charge in [-0.2, -0.15) is 0 Å². The summed E-state index contributed by atoms with van der Waals surface area (Å²) in [6, 6.07) is 0. The van der Waals surface area contributed by atoms with Gasteiger partial charge in [0.2, 0.25) is 0 Å². The van der Waals surface area contributed by atoms with Gasteiger partial charge in [-0.25, -0.2) is 0 Å². The highest BCUT2D eigenvalue weighted by molar-refractivity contribution is 4.99. The van der Waals surface area contributed by atoms with Crippen molar-refractivity contribution in [1.29, 1.82) is 0 Å². The Morgan fingerprint density at radius 3 is 1.67 bits per heavy atom. The molecule has 2 aliphatic heterocycles. The van der Waals surface area contributed by atoms with E-state index < -0.39 is 12.2 Å². The van der Waals surface area contributed by atoms with Gasteiger partial charge in [0.25, 0.3) is 0 Å². The molecule has 18 heavy (non-hydrogen) atoms. The van der Waals surface area contributed by atoms with Gasteiger partial charge in [0.05, 0.1) is 37.6 Å². The van der Waals surface area contributed by atoms with Crippen molar-refractivity contribution >= 4 is 0 Å². The molecule has 0 amide bonds. The standard InChI is InChI=1S/C14H22O4/c1-3-5-11(15)9-7-17-14-10(8-18-13(9)14)12(16)6-4-2/h3-4,9-16H,1-2,5-8H2/t9-,10+,11-,12-,13-,14-/m1/s1. The molecule has 102 valence electrons. The van der Waals surface area contributed by atoms with Crippen molar-refractivity contribution in [3.63, 3.8) is 0 Å². The van der Waals surface area contributed by atoms with E-state index in [0.717, 1.165) is 0 Å². The second kappa shape index (κ2) is 5.97. The van der Waals surface area contributed by atoms with E-state index in [4.69, 9.17) is 9.47 Å². The highest BCUT2D eigenvalue weighted by Gasteiger charge is 2.51. The van der Waals surface area contributed by atoms with E-state index in [1.807, 2.05) is 0 Å². The van der Waals surface area contributed by atoms with E-state index in [-0.39, 0.29) is 24.0 Å². The number of ether oxygens (including phenoxy) is 2. The van der Waals surface area contributed by atoms with Gasteiger partial charge >= 0.3 is 0 Å². The van der Waals surface area contributed by atoms with Crippen molar-refractivity contribution in [3.8, 4) is 0 Å². The Hall–Kier alpha value is -0.680. The molecule has 2 fully saturated rings. The lowest BCUT2D eigenvalue weighted by molar-refractivity contribution is -0.00113. The van der Waals surface area contributed by atoms with Gasteiger partial charge in [-0.15, -0.1) is 13.2 Å². The van der Waals surface area contributed by atoms with Crippen molar-refractivity contribution in [2.75, 3.05) is 13.2 Å². The molecule has 0 radical (unpaired) electrons. The van der Waals surface area contributed by atoms with Crippen LogP contribution in [0.2, 0.25) is 0 Å². The largest absolute Gasteiger partial charge is 0.392 e. The van der Waals surface area contributed by atoms with Gasteiger partial charge in [0.1, 0.15) is 0 Å². The van der Waals surface area contributed by atoms with Crippen LogP contribution in [0.5, 0.6) is 0 Å². The predicted molar refractivity (Wildman–Crippen MR) is 68.1 cm³/mol. The highest BCUT2D eigenvalue weighted by Crippen LogP contribution is 2.38. The van der Waals surface area contributed by atoms with Gasteiger partial charge in [0, 0.05) is 11.8 Å². The summed E-state index contributed by atoms with van der Waals surface area (Å²) in [7, 11) is 0. The first-order valence-corrected chi connectivity index (χ1v) is 6.50. The van der Waals surface area contributed by atoms with Crippen LogP contribution in [0.25, 0.3) is 0 Å². The number of fused-ring (bicyclic) bond motifs is 1. The molecule has 6 atom stereocenters. The Labute approximate surface area is 108 Å². The third-order valence-electron chi connectivity index (χ3n) is 3.93. The van der Waals surface area contributed by atoms with Gasteiger partial charge in [-0.05, 0) is 12.8 Å². The zero-order valence-electron chi connectivity index (χ0n) is 10.6. The molecule has 0 aromatic heterocycles. The van der Waals surface area contributed by atoms with Gasteiger partial charge in [-0.3, -0.25) is 0 Å². The maximum absolute atomic E-state index is 10.0. The van der Waals surface area contributed by atoms with Gasteiger partial charge in [-0.1, -0.05) is 12.2 Å². The number of aliphatic hydroxyl groups is 2. The Morgan fingerprint density at radius 2 is 1.33 bits per heavy atom. The molecule has 2 aliphatic rings. The Morgan fingerprint density at radius 1 is 0.944 bits per heavy atom. The van der Waals surface area contributed by atoms with E-state index in [2.05, 4.69) is 13.2 Å². The lowest BCUT2D eigenvalue weighted by Gasteiger charge is -2.21. The molecular weight excluding hydrogens is 232 g/mol. The summed E-state index contributed by atoms with van der Waals surface area (Å²) in [5.41, 5.74) is 0. The van der Waals surface area contributed by atoms with Crippen molar-refractivity contribution in [2.45, 2.75) is 37.3 Å². The minimum atomic E-state index is -0.479. The van der Waals surface area contributed by atoms with Gasteiger partial charge in [0.15, 0.2) is 0 Å². The molecular formula is C14H22O4. The number of hydrogen-bond donors (Lipinski definition) is 2. The summed E-state index contributed by atoms with van der Waals surface area (Å²) in [6.07, 6.45) is 3.32. The topological polar surface area (TPSA) is 58.9 Å². The molecule has 0 aliphatic carbocycles. The Bertz CT molecular complexity index is 274. The van der Waals surface area contributed by atoms with Gasteiger partial charge < -0.3 is 19.7 Å². The normalized spacial score (nSPS) is 38.1. The van der Waals surface area contributed by atoms with E-state index in [1.165, 1.54) is 0 Å². The van der Waals surface area contributed by atoms with Crippen molar-refractivity contribution in [3.05, 3.63) is 25.3 Å². The van der Waals surface area contributed by atoms with E-state index in [9.17, 15) is 10.2 Å². The molecule has 0 bridgehead atoms. The van der Waals surface area contributed by atoms with Crippen LogP contribution < -0.4 is 0 Å². The molecule has 4 heteroatoms. The van der Waals surface area contributed by atoms with E-state index in [0.29, 0.717) is 26.1 Å². The lowest BCUT2D eigenvalue weighted by atomic mass is 9.88. The molecule has 2 N–H and O–H groups in total. The molecule has 2 saturated heterocycles. The summed E-state index contributed by atoms with van der Waals surface area (Å²) < 4.78 is 11.4. The third kappa shape index (κ3) is 2.52.